The van der Waals surface area contributed by atoms with E-state index in [0.29, 0.717) is 10.9 Å². The molecule has 3 rings (SSSR count). The van der Waals surface area contributed by atoms with E-state index in [1.807, 2.05) is 12.1 Å². The van der Waals surface area contributed by atoms with Crippen LogP contribution in [-0.4, -0.2) is 28.0 Å². The number of amides is 1. The Bertz CT molecular complexity index is 745. The third-order valence-electron chi connectivity index (χ3n) is 3.31. The Kier molecular flexibility index (Phi) is 3.31. The Morgan fingerprint density at radius 3 is 2.95 bits per heavy atom. The number of fused-ring (bicyclic) bond motifs is 1. The summed E-state index contributed by atoms with van der Waals surface area (Å²) in [5.74, 6) is 0.389. The number of carbonyl (C=O) groups is 1. The summed E-state index contributed by atoms with van der Waals surface area (Å²) in [5.41, 5.74) is 4.46. The van der Waals surface area contributed by atoms with Crippen molar-refractivity contribution >= 4 is 40.0 Å². The monoisotopic (exact) mass is 286 g/mol. The zero-order valence-electron chi connectivity index (χ0n) is 11.2. The average Bonchev–Trinajstić information content (AvgIpc) is 2.96. The summed E-state index contributed by atoms with van der Waals surface area (Å²) in [7, 11) is 0. The summed E-state index contributed by atoms with van der Waals surface area (Å²) in [6.45, 7) is 4.15. The molecule has 102 valence electrons. The molecule has 2 heterocycles. The second-order valence-corrected chi connectivity index (χ2v) is 5.60. The maximum Gasteiger partial charge on any atom is 0.236 e. The largest absolute Gasteiger partial charge is 0.358 e. The Morgan fingerprint density at radius 1 is 1.35 bits per heavy atom. The topological polar surface area (TPSA) is 69.6 Å². The van der Waals surface area contributed by atoms with Crippen LogP contribution in [0.1, 0.15) is 16.8 Å². The van der Waals surface area contributed by atoms with Crippen LogP contribution >= 0.6 is 11.8 Å². The third kappa shape index (κ3) is 2.34. The fourth-order valence-electron chi connectivity index (χ4n) is 2.14. The molecule has 0 atom stereocenters. The molecular formula is C14H14N4OS. The number of benzene rings is 1. The zero-order valence-corrected chi connectivity index (χ0v) is 12.0. The number of thioether (sulfide) groups is 1. The fourth-order valence-corrected chi connectivity index (χ4v) is 2.77. The Morgan fingerprint density at radius 2 is 2.20 bits per heavy atom. The summed E-state index contributed by atoms with van der Waals surface area (Å²) in [6.07, 6.45) is 1.70. The lowest BCUT2D eigenvalue weighted by molar-refractivity contribution is -0.116. The van der Waals surface area contributed by atoms with Gasteiger partial charge in [0.15, 0.2) is 5.17 Å². The summed E-state index contributed by atoms with van der Waals surface area (Å²) in [5, 5.41) is 12.5. The Hall–Kier alpha value is -2.08. The SMILES string of the molecule is Cc1[nH]c2c(C=NN=C3NC(=O)CS3)cccc2c1C. The first-order chi connectivity index (χ1) is 9.65. The lowest BCUT2D eigenvalue weighted by Gasteiger charge is -1.96. The minimum atomic E-state index is -0.0262. The molecule has 0 unspecified atom stereocenters. The van der Waals surface area contributed by atoms with Gasteiger partial charge in [-0.05, 0) is 19.4 Å². The molecule has 0 radical (unpaired) electrons. The molecule has 1 amide bonds. The minimum Gasteiger partial charge on any atom is -0.358 e. The van der Waals surface area contributed by atoms with Gasteiger partial charge in [-0.1, -0.05) is 30.0 Å². The molecule has 1 aromatic carbocycles. The van der Waals surface area contributed by atoms with Crippen molar-refractivity contribution in [2.75, 3.05) is 5.75 Å². The summed E-state index contributed by atoms with van der Waals surface area (Å²) >= 11 is 1.36. The van der Waals surface area contributed by atoms with E-state index in [9.17, 15) is 4.79 Å². The molecule has 0 bridgehead atoms. The highest BCUT2D eigenvalue weighted by atomic mass is 32.2. The highest BCUT2D eigenvalue weighted by Crippen LogP contribution is 2.23. The van der Waals surface area contributed by atoms with E-state index in [1.54, 1.807) is 6.21 Å². The van der Waals surface area contributed by atoms with Crippen molar-refractivity contribution in [1.82, 2.24) is 10.3 Å². The minimum absolute atomic E-state index is 0.0262. The molecule has 20 heavy (non-hydrogen) atoms. The Balaban J connectivity index is 1.91. The molecule has 2 aromatic rings. The van der Waals surface area contributed by atoms with E-state index in [2.05, 4.69) is 40.4 Å². The first-order valence-corrected chi connectivity index (χ1v) is 7.25. The van der Waals surface area contributed by atoms with Gasteiger partial charge in [0.05, 0.1) is 17.5 Å². The van der Waals surface area contributed by atoms with Gasteiger partial charge in [0.1, 0.15) is 0 Å². The maximum absolute atomic E-state index is 11.0. The van der Waals surface area contributed by atoms with Crippen molar-refractivity contribution in [3.63, 3.8) is 0 Å². The second-order valence-electron chi connectivity index (χ2n) is 4.63. The molecule has 6 heteroatoms. The lowest BCUT2D eigenvalue weighted by atomic mass is 10.1. The van der Waals surface area contributed by atoms with Crippen molar-refractivity contribution < 1.29 is 4.79 Å². The molecule has 5 nitrogen and oxygen atoms in total. The number of carbonyl (C=O) groups excluding carboxylic acids is 1. The normalized spacial score (nSPS) is 17.5. The molecular weight excluding hydrogens is 272 g/mol. The van der Waals surface area contributed by atoms with Crippen molar-refractivity contribution in [3.05, 3.63) is 35.0 Å². The lowest BCUT2D eigenvalue weighted by Crippen LogP contribution is -2.19. The van der Waals surface area contributed by atoms with Crippen LogP contribution in [0.2, 0.25) is 0 Å². The van der Waals surface area contributed by atoms with Crippen molar-refractivity contribution in [3.8, 4) is 0 Å². The van der Waals surface area contributed by atoms with Crippen molar-refractivity contribution in [1.29, 1.82) is 0 Å². The molecule has 1 fully saturated rings. The number of amidine groups is 1. The van der Waals surface area contributed by atoms with Crippen LogP contribution < -0.4 is 5.32 Å². The van der Waals surface area contributed by atoms with Crippen molar-refractivity contribution in [2.45, 2.75) is 13.8 Å². The van der Waals surface area contributed by atoms with Crippen molar-refractivity contribution in [2.24, 2.45) is 10.2 Å². The molecule has 2 N–H and O–H groups in total. The van der Waals surface area contributed by atoms with Gasteiger partial charge < -0.3 is 10.3 Å². The molecule has 0 spiro atoms. The van der Waals surface area contributed by atoms with Gasteiger partial charge in [0.2, 0.25) is 5.91 Å². The highest BCUT2D eigenvalue weighted by molar-refractivity contribution is 8.15. The summed E-state index contributed by atoms with van der Waals surface area (Å²) in [4.78, 5) is 14.4. The molecule has 0 aliphatic carbocycles. The maximum atomic E-state index is 11.0. The zero-order chi connectivity index (χ0) is 14.1. The number of aromatic amines is 1. The van der Waals surface area contributed by atoms with Crippen LogP contribution in [0.15, 0.2) is 28.4 Å². The van der Waals surface area contributed by atoms with Gasteiger partial charge in [0.25, 0.3) is 0 Å². The van der Waals surface area contributed by atoms with Crippen LogP contribution in [0.4, 0.5) is 0 Å². The van der Waals surface area contributed by atoms with E-state index < -0.39 is 0 Å². The van der Waals surface area contributed by atoms with Crippen LogP contribution in [0.5, 0.6) is 0 Å². The molecule has 0 saturated carbocycles. The van der Waals surface area contributed by atoms with Crippen LogP contribution in [0.25, 0.3) is 10.9 Å². The number of rotatable bonds is 2. The van der Waals surface area contributed by atoms with Crippen LogP contribution in [0.3, 0.4) is 0 Å². The van der Waals surface area contributed by atoms with Gasteiger partial charge >= 0.3 is 0 Å². The average molecular weight is 286 g/mol. The predicted octanol–water partition coefficient (Wildman–Crippen LogP) is 2.34. The molecule has 1 aliphatic rings. The number of hydrogen-bond donors (Lipinski definition) is 2. The van der Waals surface area contributed by atoms with Gasteiger partial charge in [-0.3, -0.25) is 4.79 Å². The standard InChI is InChI=1S/C14H14N4OS/c1-8-9(2)16-13-10(4-3-5-11(8)13)6-15-18-14-17-12(19)7-20-14/h3-6,16H,7H2,1-2H3,(H,17,18,19). The highest BCUT2D eigenvalue weighted by Gasteiger charge is 2.16. The van der Waals surface area contributed by atoms with Gasteiger partial charge in [0, 0.05) is 16.6 Å². The number of para-hydroxylation sites is 1. The summed E-state index contributed by atoms with van der Waals surface area (Å²) < 4.78 is 0. The number of hydrogen-bond acceptors (Lipinski definition) is 4. The van der Waals surface area contributed by atoms with Gasteiger partial charge in [-0.2, -0.15) is 5.10 Å². The van der Waals surface area contributed by atoms with E-state index in [4.69, 9.17) is 0 Å². The van der Waals surface area contributed by atoms with Crippen LogP contribution in [-0.2, 0) is 4.79 Å². The smallest absolute Gasteiger partial charge is 0.236 e. The van der Waals surface area contributed by atoms with E-state index >= 15 is 0 Å². The number of aromatic nitrogens is 1. The third-order valence-corrected chi connectivity index (χ3v) is 4.17. The summed E-state index contributed by atoms with van der Waals surface area (Å²) in [6, 6.07) is 6.08. The molecule has 1 aliphatic heterocycles. The number of aryl methyl sites for hydroxylation is 2. The van der Waals surface area contributed by atoms with E-state index in [0.717, 1.165) is 16.8 Å². The number of H-pyrrole nitrogens is 1. The van der Waals surface area contributed by atoms with E-state index in [1.165, 1.54) is 22.7 Å². The van der Waals surface area contributed by atoms with Crippen LogP contribution in [0, 0.1) is 13.8 Å². The van der Waals surface area contributed by atoms with Gasteiger partial charge in [-0.15, -0.1) is 5.10 Å². The molecule has 1 aromatic heterocycles. The first-order valence-electron chi connectivity index (χ1n) is 6.26. The molecule has 1 saturated heterocycles. The Labute approximate surface area is 120 Å². The number of nitrogens with one attached hydrogen (secondary N) is 2. The predicted molar refractivity (Wildman–Crippen MR) is 83.4 cm³/mol. The fraction of sp³-hybridized carbons (Fsp3) is 0.214. The quantitative estimate of drug-likeness (QED) is 0.657. The van der Waals surface area contributed by atoms with E-state index in [-0.39, 0.29) is 5.91 Å². The second kappa shape index (κ2) is 5.13. The number of nitrogens with zero attached hydrogens (tertiary/aromatic N) is 2. The van der Waals surface area contributed by atoms with Gasteiger partial charge in [-0.25, -0.2) is 0 Å². The first kappa shape index (κ1) is 12.9.